The summed E-state index contributed by atoms with van der Waals surface area (Å²) in [5, 5.41) is 2.15. The van der Waals surface area contributed by atoms with Crippen molar-refractivity contribution in [3.8, 4) is 0 Å². The zero-order chi connectivity index (χ0) is 15.3. The molecule has 0 heterocycles. The number of hydrogen-bond donors (Lipinski definition) is 2. The molecule has 20 heavy (non-hydrogen) atoms. The lowest BCUT2D eigenvalue weighted by Crippen LogP contribution is -2.32. The molecule has 0 aliphatic carbocycles. The second-order valence-corrected chi connectivity index (χ2v) is 7.61. The van der Waals surface area contributed by atoms with Crippen molar-refractivity contribution < 1.29 is 13.2 Å². The van der Waals surface area contributed by atoms with E-state index >= 15 is 0 Å². The number of carbonyl (C=O) groups is 1. The molecule has 1 rings (SSSR count). The number of hydrogen-bond acceptors (Lipinski definition) is 4. The van der Waals surface area contributed by atoms with Crippen molar-refractivity contribution >= 4 is 15.7 Å². The van der Waals surface area contributed by atoms with Crippen LogP contribution in [0.5, 0.6) is 0 Å². The Morgan fingerprint density at radius 2 is 1.85 bits per heavy atom. The van der Waals surface area contributed by atoms with Crippen LogP contribution in [0.15, 0.2) is 29.2 Å². The fourth-order valence-corrected chi connectivity index (χ4v) is 2.85. The van der Waals surface area contributed by atoms with Crippen LogP contribution >= 0.6 is 0 Å². The van der Waals surface area contributed by atoms with Crippen LogP contribution in [-0.4, -0.2) is 32.7 Å². The van der Waals surface area contributed by atoms with Crippen LogP contribution in [-0.2, 0) is 9.84 Å². The third kappa shape index (κ3) is 3.80. The van der Waals surface area contributed by atoms with Crippen molar-refractivity contribution in [2.24, 2.45) is 11.7 Å². The number of rotatable bonds is 6. The van der Waals surface area contributed by atoms with Gasteiger partial charge in [0.15, 0.2) is 9.84 Å². The fraction of sp³-hybridized carbons (Fsp3) is 0.500. The second kappa shape index (κ2) is 6.85. The van der Waals surface area contributed by atoms with Gasteiger partial charge in [0, 0.05) is 6.54 Å². The molecule has 1 aromatic rings. The molecule has 0 fully saturated rings. The van der Waals surface area contributed by atoms with E-state index in [-0.39, 0.29) is 22.3 Å². The number of sulfone groups is 1. The fourth-order valence-electron chi connectivity index (χ4n) is 1.60. The van der Waals surface area contributed by atoms with E-state index in [1.807, 2.05) is 6.92 Å². The highest BCUT2D eigenvalue weighted by molar-refractivity contribution is 7.92. The van der Waals surface area contributed by atoms with Crippen LogP contribution in [0.2, 0.25) is 0 Å². The molecule has 6 heteroatoms. The average molecular weight is 298 g/mol. The maximum Gasteiger partial charge on any atom is 0.252 e. The largest absolute Gasteiger partial charge is 0.352 e. The molecule has 3 N–H and O–H groups in total. The maximum atomic E-state index is 12.3. The Balaban J connectivity index is 3.05. The van der Waals surface area contributed by atoms with Gasteiger partial charge in [0.2, 0.25) is 0 Å². The van der Waals surface area contributed by atoms with Crippen molar-refractivity contribution in [2.75, 3.05) is 13.1 Å². The zero-order valence-electron chi connectivity index (χ0n) is 12.1. The predicted octanol–water partition coefficient (Wildman–Crippen LogP) is 1.19. The highest BCUT2D eigenvalue weighted by Gasteiger charge is 2.25. The first kappa shape index (κ1) is 16.7. The SMILES string of the molecule is CC(CN)CNC(=O)c1ccccc1S(=O)(=O)C(C)C. The molecule has 0 aliphatic rings. The smallest absolute Gasteiger partial charge is 0.252 e. The molecule has 112 valence electrons. The number of nitrogens with one attached hydrogen (secondary N) is 1. The van der Waals surface area contributed by atoms with Crippen LogP contribution in [0.4, 0.5) is 0 Å². The number of nitrogens with two attached hydrogens (primary N) is 1. The Morgan fingerprint density at radius 1 is 1.25 bits per heavy atom. The van der Waals surface area contributed by atoms with Crippen molar-refractivity contribution in [2.45, 2.75) is 30.9 Å². The van der Waals surface area contributed by atoms with Crippen molar-refractivity contribution in [3.05, 3.63) is 29.8 Å². The first-order valence-corrected chi connectivity index (χ1v) is 8.16. The van der Waals surface area contributed by atoms with E-state index in [4.69, 9.17) is 5.73 Å². The van der Waals surface area contributed by atoms with Crippen molar-refractivity contribution in [3.63, 3.8) is 0 Å². The van der Waals surface area contributed by atoms with E-state index < -0.39 is 15.1 Å². The lowest BCUT2D eigenvalue weighted by Gasteiger charge is -2.14. The molecule has 5 nitrogen and oxygen atoms in total. The highest BCUT2D eigenvalue weighted by atomic mass is 32.2. The van der Waals surface area contributed by atoms with Gasteiger partial charge in [-0.3, -0.25) is 4.79 Å². The molecule has 1 unspecified atom stereocenters. The maximum absolute atomic E-state index is 12.3. The molecule has 0 spiro atoms. The predicted molar refractivity (Wildman–Crippen MR) is 79.3 cm³/mol. The van der Waals surface area contributed by atoms with Gasteiger partial charge < -0.3 is 11.1 Å². The number of benzene rings is 1. The number of amides is 1. The Kier molecular flexibility index (Phi) is 5.71. The topological polar surface area (TPSA) is 89.3 Å². The first-order valence-electron chi connectivity index (χ1n) is 6.61. The van der Waals surface area contributed by atoms with Crippen molar-refractivity contribution in [1.29, 1.82) is 0 Å². The first-order chi connectivity index (χ1) is 9.30. The monoisotopic (exact) mass is 298 g/mol. The van der Waals surface area contributed by atoms with E-state index in [2.05, 4.69) is 5.32 Å². The van der Waals surface area contributed by atoms with Crippen LogP contribution in [0.25, 0.3) is 0 Å². The highest BCUT2D eigenvalue weighted by Crippen LogP contribution is 2.20. The minimum absolute atomic E-state index is 0.0768. The molecular formula is C14H22N2O3S. The summed E-state index contributed by atoms with van der Waals surface area (Å²) in [7, 11) is -3.48. The molecule has 0 radical (unpaired) electrons. The van der Waals surface area contributed by atoms with Gasteiger partial charge in [-0.1, -0.05) is 19.1 Å². The quantitative estimate of drug-likeness (QED) is 0.825. The summed E-state index contributed by atoms with van der Waals surface area (Å²) < 4.78 is 24.5. The molecule has 1 aromatic carbocycles. The summed E-state index contributed by atoms with van der Waals surface area (Å²) in [6.07, 6.45) is 0. The minimum atomic E-state index is -3.48. The number of carbonyl (C=O) groups excluding carboxylic acids is 1. The van der Waals surface area contributed by atoms with Gasteiger partial charge in [-0.05, 0) is 38.4 Å². The van der Waals surface area contributed by atoms with Gasteiger partial charge in [0.05, 0.1) is 15.7 Å². The van der Waals surface area contributed by atoms with E-state index in [9.17, 15) is 13.2 Å². The third-order valence-corrected chi connectivity index (χ3v) is 5.28. The Hall–Kier alpha value is -1.40. The van der Waals surface area contributed by atoms with Crippen LogP contribution in [0.1, 0.15) is 31.1 Å². The molecule has 0 aliphatic heterocycles. The van der Waals surface area contributed by atoms with Crippen LogP contribution in [0, 0.1) is 5.92 Å². The molecule has 1 amide bonds. The summed E-state index contributed by atoms with van der Waals surface area (Å²) in [6.45, 7) is 6.00. The third-order valence-electron chi connectivity index (χ3n) is 3.07. The van der Waals surface area contributed by atoms with Gasteiger partial charge in [-0.15, -0.1) is 0 Å². The summed E-state index contributed by atoms with van der Waals surface area (Å²) >= 11 is 0. The summed E-state index contributed by atoms with van der Waals surface area (Å²) in [5.74, 6) is -0.238. The average Bonchev–Trinajstić information content (AvgIpc) is 2.44. The van der Waals surface area contributed by atoms with E-state index in [0.29, 0.717) is 13.1 Å². The van der Waals surface area contributed by atoms with Gasteiger partial charge in [0.1, 0.15) is 0 Å². The van der Waals surface area contributed by atoms with Crippen LogP contribution < -0.4 is 11.1 Å². The molecule has 0 bridgehead atoms. The second-order valence-electron chi connectivity index (χ2n) is 5.14. The molecule has 0 saturated carbocycles. The molecular weight excluding hydrogens is 276 g/mol. The summed E-state index contributed by atoms with van der Waals surface area (Å²) in [6, 6.07) is 6.27. The standard InChI is InChI=1S/C14H22N2O3S/c1-10(2)20(18,19)13-7-5-4-6-12(13)14(17)16-9-11(3)8-15/h4-7,10-11H,8-9,15H2,1-3H3,(H,16,17). The van der Waals surface area contributed by atoms with Gasteiger partial charge in [0.25, 0.3) is 5.91 Å². The van der Waals surface area contributed by atoms with Crippen molar-refractivity contribution in [1.82, 2.24) is 5.32 Å². The minimum Gasteiger partial charge on any atom is -0.352 e. The van der Waals surface area contributed by atoms with Crippen LogP contribution in [0.3, 0.4) is 0 Å². The Morgan fingerprint density at radius 3 is 2.40 bits per heavy atom. The Labute approximate surface area is 120 Å². The Bertz CT molecular complexity index is 568. The molecule has 0 aromatic heterocycles. The van der Waals surface area contributed by atoms with E-state index in [1.165, 1.54) is 12.1 Å². The van der Waals surface area contributed by atoms with Gasteiger partial charge in [-0.25, -0.2) is 8.42 Å². The van der Waals surface area contributed by atoms with E-state index in [1.54, 1.807) is 26.0 Å². The summed E-state index contributed by atoms with van der Waals surface area (Å²) in [5.41, 5.74) is 5.67. The van der Waals surface area contributed by atoms with E-state index in [0.717, 1.165) is 0 Å². The lowest BCUT2D eigenvalue weighted by atomic mass is 10.1. The lowest BCUT2D eigenvalue weighted by molar-refractivity contribution is 0.0945. The summed E-state index contributed by atoms with van der Waals surface area (Å²) in [4.78, 5) is 12.2. The zero-order valence-corrected chi connectivity index (χ0v) is 12.9. The molecule has 0 saturated heterocycles. The van der Waals surface area contributed by atoms with Gasteiger partial charge >= 0.3 is 0 Å². The normalized spacial score (nSPS) is 13.2. The molecule has 1 atom stereocenters. The van der Waals surface area contributed by atoms with Gasteiger partial charge in [-0.2, -0.15) is 0 Å².